The minimum absolute atomic E-state index is 0.206. The summed E-state index contributed by atoms with van der Waals surface area (Å²) in [5.74, 6) is 9.44. The molecule has 0 spiro atoms. The third-order valence-corrected chi connectivity index (χ3v) is 6.09. The van der Waals surface area contributed by atoms with E-state index in [1.54, 1.807) is 6.08 Å². The Morgan fingerprint density at radius 1 is 1.07 bits per heavy atom. The van der Waals surface area contributed by atoms with Gasteiger partial charge in [0.1, 0.15) is 12.7 Å². The molecule has 0 bridgehead atoms. The van der Waals surface area contributed by atoms with Gasteiger partial charge in [0.15, 0.2) is 0 Å². The minimum Gasteiger partial charge on any atom is -0.465 e. The number of hydrogen-bond donors (Lipinski definition) is 3. The molecule has 1 atom stereocenters. The molecule has 1 aliphatic heterocycles. The molecule has 1 aliphatic rings. The van der Waals surface area contributed by atoms with Crippen LogP contribution in [0.2, 0.25) is 0 Å². The van der Waals surface area contributed by atoms with Crippen LogP contribution in [0.15, 0.2) is 68.7 Å². The molecule has 5 N–H and O–H groups in total. The summed E-state index contributed by atoms with van der Waals surface area (Å²) in [5.41, 5.74) is 4.70. The van der Waals surface area contributed by atoms with Gasteiger partial charge in [-0.2, -0.15) is 0 Å². The fourth-order valence-corrected chi connectivity index (χ4v) is 4.25. The maximum atomic E-state index is 13.4. The first-order valence-electron chi connectivity index (χ1n) is 13.1. The van der Waals surface area contributed by atoms with E-state index in [-0.39, 0.29) is 37.2 Å². The van der Waals surface area contributed by atoms with Gasteiger partial charge in [-0.25, -0.2) is 0 Å². The number of fused-ring (bicyclic) bond motifs is 1. The number of nitrogens with one attached hydrogen (secondary N) is 1. The quantitative estimate of drug-likeness (QED) is 0.164. The molecule has 0 saturated carbocycles. The van der Waals surface area contributed by atoms with Crippen LogP contribution in [0.5, 0.6) is 0 Å². The molecule has 2 amide bonds. The van der Waals surface area contributed by atoms with Gasteiger partial charge in [-0.1, -0.05) is 72.7 Å². The highest BCUT2D eigenvalue weighted by molar-refractivity contribution is 6.01. The van der Waals surface area contributed by atoms with Crippen molar-refractivity contribution in [1.29, 1.82) is 0 Å². The predicted molar refractivity (Wildman–Crippen MR) is 151 cm³/mol. The number of benzene rings is 2. The number of carbonyl (C=O) groups excluding carboxylic acids is 3. The Morgan fingerprint density at radius 2 is 1.80 bits per heavy atom. The molecule has 212 valence electrons. The zero-order valence-corrected chi connectivity index (χ0v) is 23.0. The monoisotopic (exact) mass is 548 g/mol. The summed E-state index contributed by atoms with van der Waals surface area (Å²) in [6.07, 6.45) is 2.25. The number of ether oxygens (including phenoxy) is 1. The number of esters is 1. The number of carbonyl (C=O) groups is 3. The number of anilines is 1. The van der Waals surface area contributed by atoms with Gasteiger partial charge in [-0.15, -0.1) is 5.11 Å². The fourth-order valence-electron chi connectivity index (χ4n) is 4.25. The molecule has 12 heteroatoms. The van der Waals surface area contributed by atoms with E-state index in [0.717, 1.165) is 27.9 Å². The van der Waals surface area contributed by atoms with Crippen molar-refractivity contribution in [3.8, 4) is 11.1 Å². The second-order valence-corrected chi connectivity index (χ2v) is 9.85. The Labute approximate surface area is 233 Å². The Morgan fingerprint density at radius 3 is 2.45 bits per heavy atom. The fraction of sp³-hybridized carbons (Fsp3) is 0.393. The van der Waals surface area contributed by atoms with Crippen molar-refractivity contribution < 1.29 is 19.1 Å². The van der Waals surface area contributed by atoms with Gasteiger partial charge in [0.25, 0.3) is 5.91 Å². The molecule has 0 aliphatic carbocycles. The van der Waals surface area contributed by atoms with Crippen molar-refractivity contribution in [1.82, 2.24) is 4.90 Å². The molecule has 2 aromatic rings. The summed E-state index contributed by atoms with van der Waals surface area (Å²) in [6.45, 7) is 6.42. The first-order valence-corrected chi connectivity index (χ1v) is 13.1. The molecule has 2 aromatic carbocycles. The van der Waals surface area contributed by atoms with Gasteiger partial charge >= 0.3 is 5.97 Å². The summed E-state index contributed by atoms with van der Waals surface area (Å²) < 4.78 is 5.27. The summed E-state index contributed by atoms with van der Waals surface area (Å²) >= 11 is 0. The van der Waals surface area contributed by atoms with Crippen LogP contribution in [0.4, 0.5) is 5.69 Å². The van der Waals surface area contributed by atoms with Gasteiger partial charge in [0.2, 0.25) is 5.91 Å². The molecular weight excluding hydrogens is 512 g/mol. The highest BCUT2D eigenvalue weighted by Crippen LogP contribution is 2.32. The molecule has 1 heterocycles. The van der Waals surface area contributed by atoms with Crippen LogP contribution in [0.25, 0.3) is 17.2 Å². The second-order valence-electron chi connectivity index (χ2n) is 9.85. The molecule has 0 aromatic heterocycles. The second kappa shape index (κ2) is 14.5. The predicted octanol–water partition coefficient (Wildman–Crippen LogP) is 4.04. The Hall–Kier alpha value is -4.61. The molecular formula is C28H36N8O4. The van der Waals surface area contributed by atoms with E-state index < -0.39 is 12.1 Å². The third kappa shape index (κ3) is 8.45. The number of amides is 2. The van der Waals surface area contributed by atoms with Crippen LogP contribution in [-0.2, 0) is 25.5 Å². The van der Waals surface area contributed by atoms with Crippen molar-refractivity contribution >= 4 is 29.5 Å². The van der Waals surface area contributed by atoms with Gasteiger partial charge in [0.05, 0.1) is 13.0 Å². The van der Waals surface area contributed by atoms with E-state index in [0.29, 0.717) is 25.1 Å². The molecule has 12 nitrogen and oxygen atoms in total. The maximum Gasteiger partial charge on any atom is 0.310 e. The highest BCUT2D eigenvalue weighted by atomic mass is 16.5. The number of nitrogens with zero attached hydrogens (tertiary/aromatic N) is 5. The van der Waals surface area contributed by atoms with Crippen molar-refractivity contribution in [2.45, 2.75) is 46.2 Å². The topological polar surface area (TPSA) is 177 Å². The van der Waals surface area contributed by atoms with Gasteiger partial charge in [-0.3, -0.25) is 14.4 Å². The largest absolute Gasteiger partial charge is 0.465 e. The lowest BCUT2D eigenvalue weighted by molar-refractivity contribution is -0.143. The van der Waals surface area contributed by atoms with Crippen molar-refractivity contribution in [3.63, 3.8) is 0 Å². The minimum atomic E-state index is -0.613. The van der Waals surface area contributed by atoms with Gasteiger partial charge < -0.3 is 26.6 Å². The molecule has 40 heavy (non-hydrogen) atoms. The van der Waals surface area contributed by atoms with E-state index in [9.17, 15) is 14.4 Å². The van der Waals surface area contributed by atoms with Crippen LogP contribution in [0.3, 0.4) is 0 Å². The van der Waals surface area contributed by atoms with E-state index in [2.05, 4.69) is 26.0 Å². The Kier molecular flexibility index (Phi) is 10.9. The van der Waals surface area contributed by atoms with Gasteiger partial charge in [-0.05, 0) is 46.7 Å². The van der Waals surface area contributed by atoms with Gasteiger partial charge in [0, 0.05) is 24.2 Å². The number of rotatable bonds is 11. The smallest absolute Gasteiger partial charge is 0.310 e. The first-order chi connectivity index (χ1) is 19.2. The summed E-state index contributed by atoms with van der Waals surface area (Å²) in [5, 5.41) is 17.1. The lowest BCUT2D eigenvalue weighted by Gasteiger charge is -2.22. The normalized spacial score (nSPS) is 14.9. The third-order valence-electron chi connectivity index (χ3n) is 6.09. The molecule has 0 radical (unpaired) electrons. The van der Waals surface area contributed by atoms with Crippen molar-refractivity contribution in [2.75, 3.05) is 25.0 Å². The molecule has 0 fully saturated rings. The van der Waals surface area contributed by atoms with Crippen molar-refractivity contribution in [2.24, 2.45) is 38.3 Å². The van der Waals surface area contributed by atoms with E-state index in [1.807, 2.05) is 63.2 Å². The summed E-state index contributed by atoms with van der Waals surface area (Å²) in [6, 6.07) is 13.5. The van der Waals surface area contributed by atoms with Crippen LogP contribution < -0.4 is 17.0 Å². The zero-order chi connectivity index (χ0) is 29.1. The standard InChI is InChI=1S/C28H36N8O4/c1-4-11-36(16-26(37)33-35-30)28(39)23-13-22-10-9-21(14-24(22)31-25(15-23)32-34-29)20-7-5-19(6-8-20)12-27(38)40-17-18(2)3/h5-10,13-14,18,25,31H,4,11-12,15-17H2,1-3H3,(H2,29,32)(H2,30,33,37). The SMILES string of the molecule is CCCN(CC(=O)N=NN)C(=O)C1=Cc2ccc(-c3ccc(CC(=O)OCC(C)C)cc3)cc2NC(N=NN)C1. The average Bonchev–Trinajstić information content (AvgIpc) is 3.10. The van der Waals surface area contributed by atoms with Crippen LogP contribution >= 0.6 is 0 Å². The molecule has 3 rings (SSSR count). The molecule has 1 unspecified atom stereocenters. The number of hydrogen-bond acceptors (Lipinski definition) is 8. The summed E-state index contributed by atoms with van der Waals surface area (Å²) in [4.78, 5) is 38.9. The zero-order valence-electron chi connectivity index (χ0n) is 23.0. The van der Waals surface area contributed by atoms with E-state index in [4.69, 9.17) is 16.4 Å². The number of nitrogens with two attached hydrogens (primary N) is 2. The van der Waals surface area contributed by atoms with Crippen molar-refractivity contribution in [3.05, 3.63) is 59.2 Å². The van der Waals surface area contributed by atoms with Crippen LogP contribution in [0, 0.1) is 5.92 Å². The first kappa shape index (κ1) is 29.9. The van der Waals surface area contributed by atoms with Crippen LogP contribution in [0.1, 0.15) is 44.7 Å². The summed E-state index contributed by atoms with van der Waals surface area (Å²) in [7, 11) is 0. The molecule has 0 saturated heterocycles. The lowest BCUT2D eigenvalue weighted by Crippen LogP contribution is -2.37. The Bertz CT molecular complexity index is 1290. The maximum absolute atomic E-state index is 13.4. The van der Waals surface area contributed by atoms with E-state index >= 15 is 0 Å². The average molecular weight is 549 g/mol. The van der Waals surface area contributed by atoms with E-state index in [1.165, 1.54) is 4.90 Å². The highest BCUT2D eigenvalue weighted by Gasteiger charge is 2.26. The lowest BCUT2D eigenvalue weighted by atomic mass is 9.99. The Balaban J connectivity index is 1.86. The van der Waals surface area contributed by atoms with Crippen LogP contribution in [-0.4, -0.2) is 48.5 Å².